The second-order valence-corrected chi connectivity index (χ2v) is 5.06. The van der Waals surface area contributed by atoms with Gasteiger partial charge < -0.3 is 10.1 Å². The zero-order valence-corrected chi connectivity index (χ0v) is 9.55. The number of carbonyl (C=O) groups excluding carboxylic acids is 1. The number of nitrogens with one attached hydrogen (secondary N) is 1. The molecule has 0 unspecified atom stereocenters. The van der Waals surface area contributed by atoms with Gasteiger partial charge in [-0.1, -0.05) is 6.92 Å². The van der Waals surface area contributed by atoms with E-state index in [-0.39, 0.29) is 11.3 Å². The Morgan fingerprint density at radius 3 is 2.47 bits per heavy atom. The summed E-state index contributed by atoms with van der Waals surface area (Å²) in [7, 11) is 0. The lowest BCUT2D eigenvalue weighted by Crippen LogP contribution is -2.43. The average molecular weight is 211 g/mol. The quantitative estimate of drug-likeness (QED) is 0.749. The fourth-order valence-corrected chi connectivity index (χ4v) is 2.68. The summed E-state index contributed by atoms with van der Waals surface area (Å²) in [6.45, 7) is 5.66. The Kier molecular flexibility index (Phi) is 3.42. The number of piperidine rings is 1. The highest BCUT2D eigenvalue weighted by Crippen LogP contribution is 2.34. The molecule has 15 heavy (non-hydrogen) atoms. The van der Waals surface area contributed by atoms with Crippen molar-refractivity contribution in [2.45, 2.75) is 32.6 Å². The van der Waals surface area contributed by atoms with Crippen molar-refractivity contribution in [3.05, 3.63) is 0 Å². The maximum atomic E-state index is 12.4. The van der Waals surface area contributed by atoms with Crippen LogP contribution in [-0.4, -0.2) is 32.1 Å². The van der Waals surface area contributed by atoms with Crippen LogP contribution in [0.25, 0.3) is 0 Å². The minimum atomic E-state index is -0.0622. The van der Waals surface area contributed by atoms with Crippen LogP contribution < -0.4 is 5.32 Å². The zero-order chi connectivity index (χ0) is 10.7. The van der Waals surface area contributed by atoms with Gasteiger partial charge in [-0.2, -0.15) is 0 Å². The number of ether oxygens (including phenoxy) is 1. The van der Waals surface area contributed by atoms with E-state index in [4.69, 9.17) is 4.74 Å². The largest absolute Gasteiger partial charge is 0.381 e. The molecule has 2 fully saturated rings. The van der Waals surface area contributed by atoms with Crippen molar-refractivity contribution >= 4 is 5.78 Å². The van der Waals surface area contributed by atoms with Gasteiger partial charge in [0.25, 0.3) is 0 Å². The molecule has 0 aliphatic carbocycles. The molecule has 0 bridgehead atoms. The Balaban J connectivity index is 1.98. The molecule has 2 aliphatic heterocycles. The smallest absolute Gasteiger partial charge is 0.142 e. The molecule has 3 nitrogen and oxygen atoms in total. The molecule has 2 rings (SSSR count). The molecular weight excluding hydrogens is 190 g/mol. The van der Waals surface area contributed by atoms with Gasteiger partial charge in [0.05, 0.1) is 0 Å². The summed E-state index contributed by atoms with van der Waals surface area (Å²) in [4.78, 5) is 12.4. The Bertz CT molecular complexity index is 228. The number of hydrogen-bond acceptors (Lipinski definition) is 3. The van der Waals surface area contributed by atoms with Crippen LogP contribution in [0.15, 0.2) is 0 Å². The Morgan fingerprint density at radius 2 is 1.87 bits per heavy atom. The van der Waals surface area contributed by atoms with Gasteiger partial charge in [-0.3, -0.25) is 4.79 Å². The van der Waals surface area contributed by atoms with Gasteiger partial charge in [-0.05, 0) is 38.8 Å². The van der Waals surface area contributed by atoms with Crippen LogP contribution >= 0.6 is 0 Å². The van der Waals surface area contributed by atoms with E-state index in [1.54, 1.807) is 0 Å². The zero-order valence-electron chi connectivity index (χ0n) is 9.55. The van der Waals surface area contributed by atoms with Crippen LogP contribution in [0.2, 0.25) is 0 Å². The molecule has 0 aromatic heterocycles. The molecule has 86 valence electrons. The van der Waals surface area contributed by atoms with Crippen molar-refractivity contribution in [3.8, 4) is 0 Å². The first-order valence-electron chi connectivity index (χ1n) is 6.05. The molecule has 2 saturated heterocycles. The van der Waals surface area contributed by atoms with Crippen LogP contribution in [-0.2, 0) is 9.53 Å². The van der Waals surface area contributed by atoms with E-state index in [0.29, 0.717) is 5.78 Å². The maximum absolute atomic E-state index is 12.4. The number of rotatable bonds is 2. The number of hydrogen-bond donors (Lipinski definition) is 1. The molecule has 2 aliphatic rings. The topological polar surface area (TPSA) is 38.3 Å². The highest BCUT2D eigenvalue weighted by atomic mass is 16.5. The Hall–Kier alpha value is -0.410. The molecule has 1 N–H and O–H groups in total. The van der Waals surface area contributed by atoms with Crippen molar-refractivity contribution in [1.29, 1.82) is 0 Å². The number of carbonyl (C=O) groups is 1. The first-order valence-corrected chi connectivity index (χ1v) is 6.05. The first kappa shape index (κ1) is 11.1. The predicted molar refractivity (Wildman–Crippen MR) is 58.8 cm³/mol. The van der Waals surface area contributed by atoms with Crippen molar-refractivity contribution in [3.63, 3.8) is 0 Å². The minimum Gasteiger partial charge on any atom is -0.381 e. The van der Waals surface area contributed by atoms with Gasteiger partial charge in [-0.15, -0.1) is 0 Å². The Morgan fingerprint density at radius 1 is 1.27 bits per heavy atom. The fourth-order valence-electron chi connectivity index (χ4n) is 2.68. The predicted octanol–water partition coefficient (Wildman–Crippen LogP) is 1.37. The summed E-state index contributed by atoms with van der Waals surface area (Å²) in [5.74, 6) is 0.758. The molecule has 2 heterocycles. The lowest BCUT2D eigenvalue weighted by atomic mass is 9.71. The average Bonchev–Trinajstić information content (AvgIpc) is 2.30. The van der Waals surface area contributed by atoms with Crippen LogP contribution in [0.4, 0.5) is 0 Å². The van der Waals surface area contributed by atoms with Gasteiger partial charge >= 0.3 is 0 Å². The van der Waals surface area contributed by atoms with Crippen molar-refractivity contribution in [2.75, 3.05) is 26.3 Å². The SMILES string of the molecule is CC1(C(=O)C2CCOCC2)CCNCC1. The van der Waals surface area contributed by atoms with Crippen LogP contribution in [0.1, 0.15) is 32.6 Å². The van der Waals surface area contributed by atoms with E-state index >= 15 is 0 Å². The second-order valence-electron chi connectivity index (χ2n) is 5.06. The molecule has 0 spiro atoms. The van der Waals surface area contributed by atoms with Crippen LogP contribution in [0.3, 0.4) is 0 Å². The lowest BCUT2D eigenvalue weighted by Gasteiger charge is -2.36. The van der Waals surface area contributed by atoms with E-state index in [9.17, 15) is 4.79 Å². The molecule has 3 heteroatoms. The summed E-state index contributed by atoms with van der Waals surface area (Å²) in [5, 5.41) is 3.32. The first-order chi connectivity index (χ1) is 7.22. The molecule has 0 aromatic rings. The normalized spacial score (nSPS) is 27.5. The summed E-state index contributed by atoms with van der Waals surface area (Å²) in [6.07, 6.45) is 3.87. The van der Waals surface area contributed by atoms with E-state index in [0.717, 1.165) is 52.0 Å². The van der Waals surface area contributed by atoms with E-state index < -0.39 is 0 Å². The lowest BCUT2D eigenvalue weighted by molar-refractivity contribution is -0.136. The standard InChI is InChI=1S/C12H21NO2/c1-12(4-6-13-7-5-12)11(14)10-2-8-15-9-3-10/h10,13H,2-9H2,1H3. The third-order valence-corrected chi connectivity index (χ3v) is 3.89. The van der Waals surface area contributed by atoms with E-state index in [1.807, 2.05) is 0 Å². The fraction of sp³-hybridized carbons (Fsp3) is 0.917. The molecule has 0 radical (unpaired) electrons. The number of ketones is 1. The van der Waals surface area contributed by atoms with Gasteiger partial charge in [0.15, 0.2) is 0 Å². The van der Waals surface area contributed by atoms with Gasteiger partial charge in [0, 0.05) is 24.5 Å². The molecular formula is C12H21NO2. The maximum Gasteiger partial charge on any atom is 0.142 e. The molecule has 0 saturated carbocycles. The van der Waals surface area contributed by atoms with Gasteiger partial charge in [0.2, 0.25) is 0 Å². The summed E-state index contributed by atoms with van der Waals surface area (Å²) < 4.78 is 5.31. The highest BCUT2D eigenvalue weighted by molar-refractivity contribution is 5.86. The number of Topliss-reactive ketones (excluding diaryl/α,β-unsaturated/α-hetero) is 1. The third-order valence-electron chi connectivity index (χ3n) is 3.89. The van der Waals surface area contributed by atoms with Crippen molar-refractivity contribution in [1.82, 2.24) is 5.32 Å². The third kappa shape index (κ3) is 2.40. The second kappa shape index (κ2) is 4.62. The van der Waals surface area contributed by atoms with Gasteiger partial charge in [0.1, 0.15) is 5.78 Å². The molecule has 0 atom stereocenters. The summed E-state index contributed by atoms with van der Waals surface area (Å²) in [6, 6.07) is 0. The van der Waals surface area contributed by atoms with E-state index in [2.05, 4.69) is 12.2 Å². The summed E-state index contributed by atoms with van der Waals surface area (Å²) >= 11 is 0. The van der Waals surface area contributed by atoms with Gasteiger partial charge in [-0.25, -0.2) is 0 Å². The molecule has 0 amide bonds. The van der Waals surface area contributed by atoms with Crippen LogP contribution in [0.5, 0.6) is 0 Å². The summed E-state index contributed by atoms with van der Waals surface area (Å²) in [5.41, 5.74) is -0.0622. The highest BCUT2D eigenvalue weighted by Gasteiger charge is 2.38. The van der Waals surface area contributed by atoms with Crippen LogP contribution in [0, 0.1) is 11.3 Å². The minimum absolute atomic E-state index is 0.0622. The van der Waals surface area contributed by atoms with Crippen molar-refractivity contribution in [2.24, 2.45) is 11.3 Å². The Labute approximate surface area is 91.6 Å². The monoisotopic (exact) mass is 211 g/mol. The molecule has 0 aromatic carbocycles. The van der Waals surface area contributed by atoms with E-state index in [1.165, 1.54) is 0 Å². The van der Waals surface area contributed by atoms with Crippen molar-refractivity contribution < 1.29 is 9.53 Å².